The average Bonchev–Trinajstić information content (AvgIpc) is 3.23. The number of thiazole rings is 1. The van der Waals surface area contributed by atoms with Crippen molar-refractivity contribution in [2.45, 2.75) is 31.9 Å². The van der Waals surface area contributed by atoms with Gasteiger partial charge in [0.2, 0.25) is 0 Å². The van der Waals surface area contributed by atoms with E-state index < -0.39 is 0 Å². The van der Waals surface area contributed by atoms with E-state index in [4.69, 9.17) is 0 Å². The van der Waals surface area contributed by atoms with Crippen molar-refractivity contribution in [3.63, 3.8) is 0 Å². The lowest BCUT2D eigenvalue weighted by atomic mass is 10.1. The highest BCUT2D eigenvalue weighted by Gasteiger charge is 2.27. The molecule has 0 unspecified atom stereocenters. The highest BCUT2D eigenvalue weighted by atomic mass is 32.1. The lowest BCUT2D eigenvalue weighted by Gasteiger charge is -2.23. The number of aliphatic hydroxyl groups excluding tert-OH is 1. The number of carbonyl (C=O) groups is 1. The Morgan fingerprint density at radius 1 is 1.38 bits per heavy atom. The first-order valence-electron chi connectivity index (χ1n) is 8.30. The zero-order valence-electron chi connectivity index (χ0n) is 13.8. The molecule has 2 atom stereocenters. The van der Waals surface area contributed by atoms with Gasteiger partial charge in [0.15, 0.2) is 0 Å². The summed E-state index contributed by atoms with van der Waals surface area (Å²) in [5.41, 5.74) is 1.09. The standard InChI is InChI=1S/C18H23N3O2S/c1-21(12-14-8-5-9-16(14)22)18(23)20-11-15-10-19-17(24-15)13-6-3-2-4-7-13/h2-4,6-7,10,14,16,22H,5,8-9,11-12H2,1H3,(H,20,23)/t14-,16+/m0/s1. The maximum absolute atomic E-state index is 12.2. The highest BCUT2D eigenvalue weighted by molar-refractivity contribution is 7.15. The van der Waals surface area contributed by atoms with Crippen LogP contribution in [0.2, 0.25) is 0 Å². The maximum atomic E-state index is 12.2. The van der Waals surface area contributed by atoms with Gasteiger partial charge in [0, 0.05) is 36.1 Å². The van der Waals surface area contributed by atoms with Crippen molar-refractivity contribution in [3.8, 4) is 10.6 Å². The fourth-order valence-electron chi connectivity index (χ4n) is 3.07. The molecule has 1 aliphatic carbocycles. The van der Waals surface area contributed by atoms with Gasteiger partial charge in [-0.15, -0.1) is 11.3 Å². The molecule has 0 aliphatic heterocycles. The number of carbonyl (C=O) groups excluding carboxylic acids is 1. The number of benzene rings is 1. The molecule has 2 N–H and O–H groups in total. The maximum Gasteiger partial charge on any atom is 0.317 e. The van der Waals surface area contributed by atoms with Gasteiger partial charge in [-0.1, -0.05) is 36.8 Å². The second kappa shape index (κ2) is 7.77. The molecule has 1 aliphatic rings. The van der Waals surface area contributed by atoms with Gasteiger partial charge in [0.25, 0.3) is 0 Å². The zero-order chi connectivity index (χ0) is 16.9. The Balaban J connectivity index is 1.50. The van der Waals surface area contributed by atoms with Crippen LogP contribution in [0.3, 0.4) is 0 Å². The van der Waals surface area contributed by atoms with Crippen LogP contribution in [-0.2, 0) is 6.54 Å². The largest absolute Gasteiger partial charge is 0.393 e. The summed E-state index contributed by atoms with van der Waals surface area (Å²) < 4.78 is 0. The predicted octanol–water partition coefficient (Wildman–Crippen LogP) is 3.11. The predicted molar refractivity (Wildman–Crippen MR) is 95.8 cm³/mol. The van der Waals surface area contributed by atoms with Gasteiger partial charge in [-0.25, -0.2) is 9.78 Å². The molecule has 0 saturated heterocycles. The van der Waals surface area contributed by atoms with Crippen LogP contribution < -0.4 is 5.32 Å². The first-order valence-corrected chi connectivity index (χ1v) is 9.12. The number of amides is 2. The number of aliphatic hydroxyl groups is 1. The molecule has 2 amide bonds. The number of nitrogens with zero attached hydrogens (tertiary/aromatic N) is 2. The van der Waals surface area contributed by atoms with Gasteiger partial charge in [-0.2, -0.15) is 0 Å². The van der Waals surface area contributed by atoms with E-state index in [0.29, 0.717) is 13.1 Å². The van der Waals surface area contributed by atoms with E-state index in [1.165, 1.54) is 0 Å². The Labute approximate surface area is 146 Å². The van der Waals surface area contributed by atoms with Gasteiger partial charge in [-0.05, 0) is 12.8 Å². The summed E-state index contributed by atoms with van der Waals surface area (Å²) in [5, 5.41) is 13.8. The third-order valence-electron chi connectivity index (χ3n) is 4.46. The molecule has 1 fully saturated rings. The summed E-state index contributed by atoms with van der Waals surface area (Å²) in [6.07, 6.45) is 4.44. The Bertz CT molecular complexity index is 674. The lowest BCUT2D eigenvalue weighted by molar-refractivity contribution is 0.114. The number of aromatic nitrogens is 1. The number of hydrogen-bond donors (Lipinski definition) is 2. The fraction of sp³-hybridized carbons (Fsp3) is 0.444. The molecule has 0 spiro atoms. The Morgan fingerprint density at radius 3 is 2.88 bits per heavy atom. The van der Waals surface area contributed by atoms with Crippen LogP contribution in [0.1, 0.15) is 24.1 Å². The molecule has 1 saturated carbocycles. The summed E-state index contributed by atoms with van der Waals surface area (Å²) in [6, 6.07) is 9.91. The van der Waals surface area contributed by atoms with E-state index >= 15 is 0 Å². The van der Waals surface area contributed by atoms with Crippen molar-refractivity contribution < 1.29 is 9.90 Å². The van der Waals surface area contributed by atoms with Crippen molar-refractivity contribution >= 4 is 17.4 Å². The molecule has 128 valence electrons. The van der Waals surface area contributed by atoms with Crippen LogP contribution in [0.5, 0.6) is 0 Å². The number of nitrogens with one attached hydrogen (secondary N) is 1. The SMILES string of the molecule is CN(C[C@@H]1CCC[C@H]1O)C(=O)NCc1cnc(-c2ccccc2)s1. The van der Waals surface area contributed by atoms with Crippen molar-refractivity contribution in [2.24, 2.45) is 5.92 Å². The van der Waals surface area contributed by atoms with E-state index in [-0.39, 0.29) is 18.1 Å². The molecular weight excluding hydrogens is 322 g/mol. The fourth-order valence-corrected chi connectivity index (χ4v) is 3.92. The van der Waals surface area contributed by atoms with Crippen LogP contribution in [0, 0.1) is 5.92 Å². The molecule has 24 heavy (non-hydrogen) atoms. The Morgan fingerprint density at radius 2 is 2.17 bits per heavy atom. The molecule has 0 radical (unpaired) electrons. The quantitative estimate of drug-likeness (QED) is 0.875. The van der Waals surface area contributed by atoms with E-state index in [0.717, 1.165) is 34.7 Å². The summed E-state index contributed by atoms with van der Waals surface area (Å²) in [6.45, 7) is 1.08. The minimum atomic E-state index is -0.268. The smallest absolute Gasteiger partial charge is 0.317 e. The van der Waals surface area contributed by atoms with Gasteiger partial charge in [0.05, 0.1) is 12.6 Å². The van der Waals surface area contributed by atoms with Crippen molar-refractivity contribution in [2.75, 3.05) is 13.6 Å². The monoisotopic (exact) mass is 345 g/mol. The van der Waals surface area contributed by atoms with Crippen molar-refractivity contribution in [3.05, 3.63) is 41.4 Å². The van der Waals surface area contributed by atoms with Gasteiger partial charge < -0.3 is 15.3 Å². The topological polar surface area (TPSA) is 65.5 Å². The van der Waals surface area contributed by atoms with E-state index in [2.05, 4.69) is 10.3 Å². The molecular formula is C18H23N3O2S. The van der Waals surface area contributed by atoms with Crippen LogP contribution in [0.25, 0.3) is 10.6 Å². The van der Waals surface area contributed by atoms with E-state index in [9.17, 15) is 9.90 Å². The number of hydrogen-bond acceptors (Lipinski definition) is 4. The minimum Gasteiger partial charge on any atom is -0.393 e. The summed E-state index contributed by atoms with van der Waals surface area (Å²) >= 11 is 1.59. The van der Waals surface area contributed by atoms with Crippen molar-refractivity contribution in [1.82, 2.24) is 15.2 Å². The van der Waals surface area contributed by atoms with Gasteiger partial charge in [-0.3, -0.25) is 0 Å². The summed E-state index contributed by atoms with van der Waals surface area (Å²) in [4.78, 5) is 19.3. The zero-order valence-corrected chi connectivity index (χ0v) is 14.6. The van der Waals surface area contributed by atoms with Crippen LogP contribution in [0.15, 0.2) is 36.5 Å². The summed E-state index contributed by atoms with van der Waals surface area (Å²) in [5.74, 6) is 0.203. The van der Waals surface area contributed by atoms with Crippen molar-refractivity contribution in [1.29, 1.82) is 0 Å². The Hall–Kier alpha value is -1.92. The van der Waals surface area contributed by atoms with E-state index in [1.54, 1.807) is 23.3 Å². The molecule has 6 heteroatoms. The van der Waals surface area contributed by atoms with E-state index in [1.807, 2.05) is 36.5 Å². The Kier molecular flexibility index (Phi) is 5.48. The second-order valence-corrected chi connectivity index (χ2v) is 7.41. The van der Waals surface area contributed by atoms with Crippen LogP contribution in [0.4, 0.5) is 4.79 Å². The second-order valence-electron chi connectivity index (χ2n) is 6.30. The third-order valence-corrected chi connectivity index (χ3v) is 5.51. The average molecular weight is 345 g/mol. The molecule has 3 rings (SSSR count). The van der Waals surface area contributed by atoms with Gasteiger partial charge in [0.1, 0.15) is 5.01 Å². The normalized spacial score (nSPS) is 20.1. The van der Waals surface area contributed by atoms with Crippen LogP contribution in [-0.4, -0.2) is 40.7 Å². The molecule has 2 aromatic rings. The molecule has 0 bridgehead atoms. The number of rotatable bonds is 5. The molecule has 1 aromatic heterocycles. The molecule has 1 heterocycles. The summed E-state index contributed by atoms with van der Waals surface area (Å²) in [7, 11) is 1.78. The first kappa shape index (κ1) is 16.9. The highest BCUT2D eigenvalue weighted by Crippen LogP contribution is 2.26. The molecule has 5 nitrogen and oxygen atoms in total. The van der Waals surface area contributed by atoms with Gasteiger partial charge >= 0.3 is 6.03 Å². The first-order chi connectivity index (χ1) is 11.6. The number of urea groups is 1. The minimum absolute atomic E-state index is 0.108. The third kappa shape index (κ3) is 4.13. The lowest BCUT2D eigenvalue weighted by Crippen LogP contribution is -2.40. The van der Waals surface area contributed by atoms with Crippen LogP contribution >= 0.6 is 11.3 Å². The molecule has 1 aromatic carbocycles.